The molecule has 0 aromatic rings. The third-order valence-corrected chi connectivity index (χ3v) is 10.8. The zero-order valence-corrected chi connectivity index (χ0v) is 34.8. The Kier molecular flexibility index (Phi) is 40.6. The number of thioether (sulfide) groups is 1. The van der Waals surface area contributed by atoms with Crippen LogP contribution in [-0.4, -0.2) is 59.1 Å². The number of nitrogens with one attached hydrogen (secondary N) is 2. The molecule has 0 bridgehead atoms. The van der Waals surface area contributed by atoms with Gasteiger partial charge in [0, 0.05) is 18.6 Å². The lowest BCUT2D eigenvalue weighted by atomic mass is 10.0. The number of ether oxygens (including phenoxy) is 1. The number of rotatable bonds is 33. The third kappa shape index (κ3) is 34.3. The van der Waals surface area contributed by atoms with E-state index in [0.717, 1.165) is 37.9 Å². The largest absolute Gasteiger partial charge is 1.00 e. The van der Waals surface area contributed by atoms with E-state index in [9.17, 15) is 19.2 Å². The van der Waals surface area contributed by atoms with Gasteiger partial charge in [-0.15, -0.1) is 0 Å². The molecule has 2 atom stereocenters. The fourth-order valence-corrected chi connectivity index (χ4v) is 7.48. The van der Waals surface area contributed by atoms with E-state index in [1.54, 1.807) is 0 Å². The summed E-state index contributed by atoms with van der Waals surface area (Å²) in [4.78, 5) is 46.7. The van der Waals surface area contributed by atoms with Crippen molar-refractivity contribution in [2.75, 3.05) is 18.6 Å². The molecule has 10 heteroatoms. The predicted octanol–water partition coefficient (Wildman–Crippen LogP) is 11.0. The molecule has 0 spiro atoms. The highest BCUT2D eigenvalue weighted by atomic mass is 32.2. The summed E-state index contributed by atoms with van der Waals surface area (Å²) in [6.45, 7) is 4.53. The van der Waals surface area contributed by atoms with Crippen molar-refractivity contribution in [3.05, 3.63) is 0 Å². The Morgan fingerprint density at radius 2 is 1.06 bits per heavy atom. The van der Waals surface area contributed by atoms with Gasteiger partial charge in [-0.2, -0.15) is 12.6 Å². The summed E-state index contributed by atoms with van der Waals surface area (Å²) in [6, 6.07) is -0.781. The maximum atomic E-state index is 11.9. The number of hydrogen-bond donors (Lipinski definition) is 3. The Hall–Kier alpha value is -1.26. The van der Waals surface area contributed by atoms with Gasteiger partial charge in [0.1, 0.15) is 6.04 Å². The molecular formula is C41H80N2O6S2. The summed E-state index contributed by atoms with van der Waals surface area (Å²) >= 11 is 5.46. The number of hydrogen-bond acceptors (Lipinski definition) is 8. The highest BCUT2D eigenvalue weighted by Crippen LogP contribution is 2.20. The van der Waals surface area contributed by atoms with Crippen molar-refractivity contribution in [3.8, 4) is 0 Å². The average Bonchev–Trinajstić information content (AvgIpc) is 3.51. The van der Waals surface area contributed by atoms with Gasteiger partial charge in [0.25, 0.3) is 0 Å². The Balaban J connectivity index is -0.000000891. The minimum Gasteiger partial charge on any atom is -0.870 e. The van der Waals surface area contributed by atoms with Gasteiger partial charge < -0.3 is 20.8 Å². The number of carbonyl (C=O) groups is 4. The van der Waals surface area contributed by atoms with E-state index in [1.165, 1.54) is 160 Å². The molecule has 0 saturated carbocycles. The van der Waals surface area contributed by atoms with Crippen LogP contribution in [0.25, 0.3) is 0 Å². The smallest absolute Gasteiger partial charge is 0.870 e. The molecule has 302 valence electrons. The number of amides is 2. The summed E-state index contributed by atoms with van der Waals surface area (Å²) in [5.41, 5.74) is 0. The fourth-order valence-electron chi connectivity index (χ4n) is 6.29. The van der Waals surface area contributed by atoms with Crippen LogP contribution in [0, 0.1) is 0 Å². The van der Waals surface area contributed by atoms with Gasteiger partial charge in [-0.1, -0.05) is 180 Å². The Morgan fingerprint density at radius 3 is 1.39 bits per heavy atom. The molecule has 0 aromatic carbocycles. The second-order valence-electron chi connectivity index (χ2n) is 14.2. The molecule has 8 nitrogen and oxygen atoms in total. The highest BCUT2D eigenvalue weighted by Gasteiger charge is 2.26. The first-order chi connectivity index (χ1) is 24.4. The molecule has 0 radical (unpaired) electrons. The van der Waals surface area contributed by atoms with Crippen molar-refractivity contribution in [1.29, 1.82) is 0 Å². The van der Waals surface area contributed by atoms with E-state index in [-0.39, 0.29) is 29.9 Å². The predicted molar refractivity (Wildman–Crippen MR) is 220 cm³/mol. The van der Waals surface area contributed by atoms with E-state index in [4.69, 9.17) is 4.74 Å². The van der Waals surface area contributed by atoms with E-state index in [2.05, 4.69) is 37.1 Å². The van der Waals surface area contributed by atoms with E-state index < -0.39 is 12.0 Å². The molecule has 1 fully saturated rings. The van der Waals surface area contributed by atoms with E-state index in [1.807, 2.05) is 0 Å². The molecule has 1 rings (SSSR count). The summed E-state index contributed by atoms with van der Waals surface area (Å²) in [5.74, 6) is 0.989. The fraction of sp³-hybridized carbons (Fsp3) is 0.902. The van der Waals surface area contributed by atoms with Crippen molar-refractivity contribution in [3.63, 3.8) is 0 Å². The summed E-state index contributed by atoms with van der Waals surface area (Å²) in [5, 5.41) is 5.75. The molecule has 1 aliphatic rings. The molecule has 2 unspecified atom stereocenters. The first-order valence-electron chi connectivity index (χ1n) is 20.8. The van der Waals surface area contributed by atoms with Crippen molar-refractivity contribution < 1.29 is 30.8 Å². The van der Waals surface area contributed by atoms with Gasteiger partial charge >= 0.3 is 7.40 Å². The number of thiol groups is 1. The second kappa shape index (κ2) is 39.9. The summed E-state index contributed by atoms with van der Waals surface area (Å²) in [7, 11) is 1.34. The van der Waals surface area contributed by atoms with Crippen LogP contribution >= 0.6 is 24.4 Å². The number of unbranched alkanes of at least 4 members (excludes halogenated alkanes) is 24. The molecule has 51 heavy (non-hydrogen) atoms. The Bertz CT molecular complexity index is 839. The van der Waals surface area contributed by atoms with Gasteiger partial charge in [0.2, 0.25) is 16.9 Å². The van der Waals surface area contributed by atoms with Crippen LogP contribution in [0.1, 0.15) is 208 Å². The summed E-state index contributed by atoms with van der Waals surface area (Å²) in [6.07, 6.45) is 36.2. The van der Waals surface area contributed by atoms with Crippen LogP contribution in [0.15, 0.2) is 0 Å². The number of carbonyl (C=O) groups excluding carboxylic acids is 4. The topological polar surface area (TPSA) is 132 Å². The zero-order chi connectivity index (χ0) is 36.9. The molecule has 1 saturated heterocycles. The standard InChI is InChI=1S/C21H41NO3S.C20H37NO2S.H2O/c1-3-4-5-6-7-8-9-10-11-12-13-14-15-16-20(23)22-19(17-18-26)21(24)25-2;1-2-3-4-5-6-7-8-9-10-11-12-13-14-15-19(22)21-18-16-17-24-20(18)23;/h19,26H,3-18H2,1-2H3,(H,22,23);18H,2-17H2,1H3,(H,21,22);1H2. The Labute approximate surface area is 324 Å². The van der Waals surface area contributed by atoms with Crippen LogP contribution in [-0.2, 0) is 23.9 Å². The van der Waals surface area contributed by atoms with E-state index in [0.29, 0.717) is 25.0 Å². The SMILES string of the molecule is CCCCCCCCCCCCCCCC(=O)NC(CCS)C(=O)OC.CCCCCCCCCCCCCCCC(=O)NC1CCSC1=O.[H+].[OH-]. The van der Waals surface area contributed by atoms with Crippen LogP contribution in [0.4, 0.5) is 0 Å². The van der Waals surface area contributed by atoms with Gasteiger partial charge in [0.05, 0.1) is 13.2 Å². The second-order valence-corrected chi connectivity index (χ2v) is 15.8. The zero-order valence-electron chi connectivity index (χ0n) is 34.1. The minimum atomic E-state index is -0.563. The van der Waals surface area contributed by atoms with Crippen LogP contribution in [0.2, 0.25) is 0 Å². The molecule has 3 N–H and O–H groups in total. The minimum absolute atomic E-state index is 0. The molecule has 1 heterocycles. The van der Waals surface area contributed by atoms with Crippen LogP contribution in [0.5, 0.6) is 0 Å². The summed E-state index contributed by atoms with van der Waals surface area (Å²) < 4.78 is 4.70. The molecular weight excluding hydrogens is 681 g/mol. The maximum Gasteiger partial charge on any atom is 1.00 e. The van der Waals surface area contributed by atoms with Crippen LogP contribution in [0.3, 0.4) is 0 Å². The van der Waals surface area contributed by atoms with Crippen molar-refractivity contribution >= 4 is 47.3 Å². The highest BCUT2D eigenvalue weighted by molar-refractivity contribution is 8.14. The molecule has 2 amide bonds. The first kappa shape index (κ1) is 51.8. The van der Waals surface area contributed by atoms with Crippen molar-refractivity contribution in [2.45, 2.75) is 219 Å². The Morgan fingerprint density at radius 1 is 0.686 bits per heavy atom. The number of methoxy groups -OCH3 is 1. The van der Waals surface area contributed by atoms with Crippen molar-refractivity contribution in [1.82, 2.24) is 10.6 Å². The lowest BCUT2D eigenvalue weighted by Gasteiger charge is -2.15. The normalized spacial score (nSPS) is 14.3. The average molecular weight is 761 g/mol. The first-order valence-corrected chi connectivity index (χ1v) is 22.4. The maximum absolute atomic E-state index is 11.9. The molecule has 0 aromatic heterocycles. The van der Waals surface area contributed by atoms with Gasteiger partial charge in [-0.3, -0.25) is 14.4 Å². The molecule has 1 aliphatic heterocycles. The van der Waals surface area contributed by atoms with Gasteiger partial charge in [-0.25, -0.2) is 4.79 Å². The van der Waals surface area contributed by atoms with E-state index >= 15 is 0 Å². The monoisotopic (exact) mass is 761 g/mol. The van der Waals surface area contributed by atoms with Crippen LogP contribution < -0.4 is 10.6 Å². The lowest BCUT2D eigenvalue weighted by Crippen LogP contribution is -2.41. The van der Waals surface area contributed by atoms with Gasteiger partial charge in [-0.05, 0) is 31.4 Å². The quantitative estimate of drug-likeness (QED) is 0.0345. The van der Waals surface area contributed by atoms with Crippen molar-refractivity contribution in [2.24, 2.45) is 0 Å². The molecule has 0 aliphatic carbocycles. The number of esters is 1. The van der Waals surface area contributed by atoms with Gasteiger partial charge in [0.15, 0.2) is 0 Å². The third-order valence-electron chi connectivity index (χ3n) is 9.52. The lowest BCUT2D eigenvalue weighted by molar-refractivity contribution is -0.145.